The van der Waals surface area contributed by atoms with Gasteiger partial charge in [-0.2, -0.15) is 8.42 Å². The van der Waals surface area contributed by atoms with Crippen molar-refractivity contribution < 1.29 is 8.42 Å². The minimum absolute atomic E-state index is 0.0425. The molecular weight excluding hydrogens is 344 g/mol. The first kappa shape index (κ1) is 15.0. The molecule has 0 unspecified atom stereocenters. The highest BCUT2D eigenvalue weighted by atomic mass is 79.9. The fourth-order valence-electron chi connectivity index (χ4n) is 1.98. The number of hydrogen-bond donors (Lipinski definition) is 0. The number of aromatic nitrogens is 3. The number of hydrogen-bond acceptors (Lipinski definition) is 4. The van der Waals surface area contributed by atoms with Crippen molar-refractivity contribution in [2.75, 3.05) is 10.8 Å². The Hall–Kier alpha value is -1.41. The Morgan fingerprint density at radius 1 is 1.40 bits per heavy atom. The molecule has 0 bridgehead atoms. The number of rotatable bonds is 4. The highest BCUT2D eigenvalue weighted by Gasteiger charge is 2.30. The molecule has 2 rings (SSSR count). The molecule has 0 aliphatic heterocycles. The van der Waals surface area contributed by atoms with Crippen molar-refractivity contribution >= 4 is 31.6 Å². The van der Waals surface area contributed by atoms with E-state index in [1.54, 1.807) is 20.0 Å². The molecule has 0 saturated carbocycles. The Morgan fingerprint density at radius 2 is 2.10 bits per heavy atom. The molecule has 0 aliphatic carbocycles. The van der Waals surface area contributed by atoms with Gasteiger partial charge in [-0.1, -0.05) is 17.3 Å². The molecule has 0 fully saturated rings. The lowest BCUT2D eigenvalue weighted by Gasteiger charge is -2.22. The summed E-state index contributed by atoms with van der Waals surface area (Å²) in [4.78, 5) is 0. The fraction of sp³-hybridized carbons (Fsp3) is 0.333. The first-order valence-electron chi connectivity index (χ1n) is 6.02. The quantitative estimate of drug-likeness (QED) is 0.839. The predicted octanol–water partition coefficient (Wildman–Crippen LogP) is 2.10. The van der Waals surface area contributed by atoms with Crippen LogP contribution in [0.4, 0.5) is 5.69 Å². The molecule has 0 saturated heterocycles. The van der Waals surface area contributed by atoms with Crippen LogP contribution in [0.3, 0.4) is 0 Å². The zero-order valence-corrected chi connectivity index (χ0v) is 13.8. The van der Waals surface area contributed by atoms with Crippen LogP contribution in [0, 0.1) is 6.92 Å². The molecule has 0 N–H and O–H groups in total. The summed E-state index contributed by atoms with van der Waals surface area (Å²) < 4.78 is 28.3. The van der Waals surface area contributed by atoms with E-state index in [1.165, 1.54) is 8.99 Å². The number of anilines is 1. The van der Waals surface area contributed by atoms with Crippen LogP contribution in [0.2, 0.25) is 0 Å². The molecule has 1 aromatic heterocycles. The molecule has 0 spiro atoms. The van der Waals surface area contributed by atoms with Crippen molar-refractivity contribution in [1.82, 2.24) is 15.0 Å². The number of aryl methyl sites for hydroxylation is 2. The van der Waals surface area contributed by atoms with Gasteiger partial charge in [0.1, 0.15) is 0 Å². The molecule has 108 valence electrons. The Labute approximate surface area is 126 Å². The summed E-state index contributed by atoms with van der Waals surface area (Å²) in [7, 11) is -2.16. The third-order valence-corrected chi connectivity index (χ3v) is 5.64. The van der Waals surface area contributed by atoms with Gasteiger partial charge in [-0.3, -0.25) is 4.31 Å². The lowest BCUT2D eigenvalue weighted by molar-refractivity contribution is 0.570. The average molecular weight is 359 g/mol. The maximum atomic E-state index is 12.8. The van der Waals surface area contributed by atoms with Crippen LogP contribution in [0.1, 0.15) is 12.5 Å². The topological polar surface area (TPSA) is 68.1 Å². The van der Waals surface area contributed by atoms with Crippen molar-refractivity contribution in [3.63, 3.8) is 0 Å². The summed E-state index contributed by atoms with van der Waals surface area (Å²) in [6.07, 6.45) is 0. The lowest BCUT2D eigenvalue weighted by Crippen LogP contribution is -2.32. The van der Waals surface area contributed by atoms with Crippen LogP contribution in [-0.4, -0.2) is 30.0 Å². The largest absolute Gasteiger partial charge is 0.284 e. The molecule has 1 aromatic carbocycles. The first-order valence-corrected chi connectivity index (χ1v) is 8.25. The van der Waals surface area contributed by atoms with Gasteiger partial charge in [0.05, 0.1) is 5.69 Å². The molecule has 0 amide bonds. The van der Waals surface area contributed by atoms with Crippen LogP contribution in [0.25, 0.3) is 0 Å². The normalized spacial score (nSPS) is 11.6. The van der Waals surface area contributed by atoms with Crippen molar-refractivity contribution in [3.05, 3.63) is 34.4 Å². The van der Waals surface area contributed by atoms with Crippen LogP contribution < -0.4 is 4.31 Å². The zero-order chi connectivity index (χ0) is 14.9. The van der Waals surface area contributed by atoms with Gasteiger partial charge in [0.2, 0.25) is 5.03 Å². The SMILES string of the molecule is CCN(c1cccc(C)c1)S(=O)(=O)c1c(Br)nnn1C. The zero-order valence-electron chi connectivity index (χ0n) is 11.4. The van der Waals surface area contributed by atoms with E-state index in [4.69, 9.17) is 0 Å². The first-order chi connectivity index (χ1) is 9.37. The maximum Gasteiger partial charge on any atom is 0.284 e. The van der Waals surface area contributed by atoms with E-state index >= 15 is 0 Å². The van der Waals surface area contributed by atoms with Gasteiger partial charge in [-0.05, 0) is 47.5 Å². The van der Waals surface area contributed by atoms with Crippen LogP contribution in [0.5, 0.6) is 0 Å². The Morgan fingerprint density at radius 3 is 2.60 bits per heavy atom. The van der Waals surface area contributed by atoms with Crippen molar-refractivity contribution in [2.24, 2.45) is 7.05 Å². The number of benzene rings is 1. The molecule has 1 heterocycles. The Bertz CT molecular complexity index is 707. The molecule has 2 aromatic rings. The summed E-state index contributed by atoms with van der Waals surface area (Å²) in [6, 6.07) is 7.36. The maximum absolute atomic E-state index is 12.8. The van der Waals surface area contributed by atoms with E-state index < -0.39 is 10.0 Å². The number of sulfonamides is 1. The minimum Gasteiger partial charge on any atom is -0.265 e. The molecular formula is C12H15BrN4O2S. The van der Waals surface area contributed by atoms with E-state index in [-0.39, 0.29) is 9.63 Å². The minimum atomic E-state index is -3.71. The smallest absolute Gasteiger partial charge is 0.265 e. The second-order valence-corrected chi connectivity index (χ2v) is 6.85. The van der Waals surface area contributed by atoms with Crippen LogP contribution in [-0.2, 0) is 17.1 Å². The van der Waals surface area contributed by atoms with E-state index in [2.05, 4.69) is 26.2 Å². The molecule has 6 nitrogen and oxygen atoms in total. The molecule has 20 heavy (non-hydrogen) atoms. The number of halogens is 1. The average Bonchev–Trinajstić information content (AvgIpc) is 2.70. The predicted molar refractivity (Wildman–Crippen MR) is 80.1 cm³/mol. The van der Waals surface area contributed by atoms with E-state index in [9.17, 15) is 8.42 Å². The molecule has 0 radical (unpaired) electrons. The second kappa shape index (κ2) is 5.53. The van der Waals surface area contributed by atoms with Gasteiger partial charge in [0.15, 0.2) is 4.60 Å². The van der Waals surface area contributed by atoms with Crippen molar-refractivity contribution in [1.29, 1.82) is 0 Å². The molecule has 8 heteroatoms. The van der Waals surface area contributed by atoms with Crippen LogP contribution in [0.15, 0.2) is 33.9 Å². The highest BCUT2D eigenvalue weighted by Crippen LogP contribution is 2.27. The number of nitrogens with zero attached hydrogens (tertiary/aromatic N) is 4. The third-order valence-electron chi connectivity index (χ3n) is 2.85. The van der Waals surface area contributed by atoms with Gasteiger partial charge >= 0.3 is 0 Å². The Balaban J connectivity index is 2.57. The standard InChI is InChI=1S/C12H15BrN4O2S/c1-4-17(10-7-5-6-9(2)8-10)20(18,19)12-11(13)14-15-16(12)3/h5-8H,4H2,1-3H3. The van der Waals surface area contributed by atoms with Crippen molar-refractivity contribution in [2.45, 2.75) is 18.9 Å². The summed E-state index contributed by atoms with van der Waals surface area (Å²) in [5.74, 6) is 0. The monoisotopic (exact) mass is 358 g/mol. The van der Waals surface area contributed by atoms with Gasteiger partial charge < -0.3 is 0 Å². The van der Waals surface area contributed by atoms with E-state index in [0.29, 0.717) is 12.2 Å². The van der Waals surface area contributed by atoms with Gasteiger partial charge in [-0.25, -0.2) is 4.68 Å². The second-order valence-electron chi connectivity index (χ2n) is 4.32. The van der Waals surface area contributed by atoms with Crippen LogP contribution >= 0.6 is 15.9 Å². The molecule has 0 aliphatic rings. The van der Waals surface area contributed by atoms with E-state index in [0.717, 1.165) is 5.56 Å². The highest BCUT2D eigenvalue weighted by molar-refractivity contribution is 9.10. The lowest BCUT2D eigenvalue weighted by atomic mass is 10.2. The summed E-state index contributed by atoms with van der Waals surface area (Å²) in [5.41, 5.74) is 1.62. The summed E-state index contributed by atoms with van der Waals surface area (Å²) >= 11 is 3.14. The van der Waals surface area contributed by atoms with Gasteiger partial charge in [0, 0.05) is 13.6 Å². The van der Waals surface area contributed by atoms with Gasteiger partial charge in [0.25, 0.3) is 10.0 Å². The summed E-state index contributed by atoms with van der Waals surface area (Å²) in [5, 5.41) is 7.50. The Kier molecular flexibility index (Phi) is 4.14. The molecule has 0 atom stereocenters. The van der Waals surface area contributed by atoms with E-state index in [1.807, 2.05) is 25.1 Å². The fourth-order valence-corrected chi connectivity index (χ4v) is 4.48. The van der Waals surface area contributed by atoms with Crippen molar-refractivity contribution in [3.8, 4) is 0 Å². The van der Waals surface area contributed by atoms with Gasteiger partial charge in [-0.15, -0.1) is 5.10 Å². The summed E-state index contributed by atoms with van der Waals surface area (Å²) in [6.45, 7) is 4.03. The third kappa shape index (κ3) is 2.57.